The fraction of sp³-hybridized carbons (Fsp3) is 0.944. The first-order valence-electron chi connectivity index (χ1n) is 9.12. The van der Waals surface area contributed by atoms with E-state index in [-0.39, 0.29) is 29.4 Å². The van der Waals surface area contributed by atoms with Gasteiger partial charge in [0.15, 0.2) is 5.96 Å². The molecule has 6 heteroatoms. The number of piperidine rings is 1. The van der Waals surface area contributed by atoms with E-state index in [0.717, 1.165) is 18.9 Å². The lowest BCUT2D eigenvalue weighted by Crippen LogP contribution is -2.63. The molecule has 1 aliphatic heterocycles. The number of hydrogen-bond acceptors (Lipinski definition) is 3. The molecule has 2 N–H and O–H groups in total. The Bertz CT molecular complexity index is 414. The van der Waals surface area contributed by atoms with Gasteiger partial charge in [0.1, 0.15) is 0 Å². The smallest absolute Gasteiger partial charge is 0.191 e. The zero-order valence-electron chi connectivity index (χ0n) is 16.3. The van der Waals surface area contributed by atoms with Crippen molar-refractivity contribution in [1.82, 2.24) is 15.5 Å². The number of likely N-dealkylation sites (tertiary alicyclic amines) is 1. The largest absolute Gasteiger partial charge is 0.381 e. The van der Waals surface area contributed by atoms with Crippen LogP contribution in [0.5, 0.6) is 0 Å². The van der Waals surface area contributed by atoms with Gasteiger partial charge in [0.25, 0.3) is 0 Å². The number of ether oxygens (including phenoxy) is 1. The summed E-state index contributed by atoms with van der Waals surface area (Å²) < 4.78 is 5.53. The lowest BCUT2D eigenvalue weighted by Gasteiger charge is -2.51. The van der Waals surface area contributed by atoms with Gasteiger partial charge in [0, 0.05) is 44.7 Å². The molecule has 3 atom stereocenters. The average Bonchev–Trinajstić information content (AvgIpc) is 2.53. The lowest BCUT2D eigenvalue weighted by atomic mass is 9.64. The van der Waals surface area contributed by atoms with Crippen LogP contribution in [0.1, 0.15) is 47.0 Å². The standard InChI is InChI=1S/C18H36N4O.HI/c1-13(2)22-9-7-8-14(12-22)11-20-17(19-5)21-15-10-16(23-6)18(15,3)4;/h13-16H,7-12H2,1-6H3,(H2,19,20,21);1H. The Morgan fingerprint density at radius 1 is 1.38 bits per heavy atom. The number of hydrogen-bond donors (Lipinski definition) is 2. The van der Waals surface area contributed by atoms with Gasteiger partial charge in [-0.15, -0.1) is 24.0 Å². The van der Waals surface area contributed by atoms with Gasteiger partial charge in [0.2, 0.25) is 0 Å². The Balaban J connectivity index is 0.00000288. The molecule has 1 saturated heterocycles. The Morgan fingerprint density at radius 3 is 2.62 bits per heavy atom. The van der Waals surface area contributed by atoms with Gasteiger partial charge in [0.05, 0.1) is 6.10 Å². The quantitative estimate of drug-likeness (QED) is 0.383. The van der Waals surface area contributed by atoms with Crippen LogP contribution in [0.25, 0.3) is 0 Å². The molecule has 0 spiro atoms. The molecule has 0 radical (unpaired) electrons. The van der Waals surface area contributed by atoms with Crippen molar-refractivity contribution in [1.29, 1.82) is 0 Å². The summed E-state index contributed by atoms with van der Waals surface area (Å²) in [6.45, 7) is 12.6. The third kappa shape index (κ3) is 5.21. The first-order chi connectivity index (χ1) is 10.9. The molecule has 1 aliphatic carbocycles. The topological polar surface area (TPSA) is 48.9 Å². The van der Waals surface area contributed by atoms with Crippen molar-refractivity contribution in [2.75, 3.05) is 33.8 Å². The van der Waals surface area contributed by atoms with Crippen molar-refractivity contribution in [3.05, 3.63) is 0 Å². The predicted molar refractivity (Wildman–Crippen MR) is 112 cm³/mol. The minimum Gasteiger partial charge on any atom is -0.381 e. The van der Waals surface area contributed by atoms with Crippen LogP contribution in [0.15, 0.2) is 4.99 Å². The van der Waals surface area contributed by atoms with Crippen LogP contribution in [0.2, 0.25) is 0 Å². The number of methoxy groups -OCH3 is 1. The van der Waals surface area contributed by atoms with Crippen molar-refractivity contribution in [2.45, 2.75) is 65.1 Å². The van der Waals surface area contributed by atoms with Crippen molar-refractivity contribution < 1.29 is 4.74 Å². The van der Waals surface area contributed by atoms with E-state index < -0.39 is 0 Å². The van der Waals surface area contributed by atoms with Crippen molar-refractivity contribution in [2.24, 2.45) is 16.3 Å². The zero-order valence-corrected chi connectivity index (χ0v) is 18.6. The van der Waals surface area contributed by atoms with E-state index in [9.17, 15) is 0 Å². The van der Waals surface area contributed by atoms with E-state index in [1.807, 2.05) is 7.05 Å². The first kappa shape index (κ1) is 22.0. The predicted octanol–water partition coefficient (Wildman–Crippen LogP) is 2.70. The Labute approximate surface area is 165 Å². The fourth-order valence-corrected chi connectivity index (χ4v) is 3.86. The number of rotatable bonds is 5. The second-order valence-corrected chi connectivity index (χ2v) is 8.03. The Hall–Kier alpha value is -0.0800. The minimum absolute atomic E-state index is 0. The van der Waals surface area contributed by atoms with E-state index in [2.05, 4.69) is 48.2 Å². The molecule has 1 heterocycles. The van der Waals surface area contributed by atoms with Gasteiger partial charge in [-0.05, 0) is 45.6 Å². The summed E-state index contributed by atoms with van der Waals surface area (Å²) in [4.78, 5) is 6.99. The van der Waals surface area contributed by atoms with Gasteiger partial charge >= 0.3 is 0 Å². The van der Waals surface area contributed by atoms with Crippen LogP contribution in [0, 0.1) is 11.3 Å². The zero-order chi connectivity index (χ0) is 17.0. The molecule has 142 valence electrons. The van der Waals surface area contributed by atoms with Crippen LogP contribution in [0.4, 0.5) is 0 Å². The van der Waals surface area contributed by atoms with E-state index in [0.29, 0.717) is 24.1 Å². The molecule has 0 bridgehead atoms. The van der Waals surface area contributed by atoms with Crippen LogP contribution in [-0.4, -0.2) is 62.8 Å². The highest BCUT2D eigenvalue weighted by Crippen LogP contribution is 2.42. The highest BCUT2D eigenvalue weighted by atomic mass is 127. The summed E-state index contributed by atoms with van der Waals surface area (Å²) in [6.07, 6.45) is 4.01. The van der Waals surface area contributed by atoms with E-state index in [1.165, 1.54) is 25.9 Å². The summed E-state index contributed by atoms with van der Waals surface area (Å²) in [5, 5.41) is 7.12. The maximum Gasteiger partial charge on any atom is 0.191 e. The average molecular weight is 452 g/mol. The molecule has 0 amide bonds. The highest BCUT2D eigenvalue weighted by molar-refractivity contribution is 14.0. The number of aliphatic imine (C=N–C) groups is 1. The van der Waals surface area contributed by atoms with E-state index >= 15 is 0 Å². The maximum absolute atomic E-state index is 5.53. The summed E-state index contributed by atoms with van der Waals surface area (Å²) in [5.74, 6) is 1.64. The van der Waals surface area contributed by atoms with Crippen molar-refractivity contribution in [3.8, 4) is 0 Å². The molecular weight excluding hydrogens is 415 g/mol. The fourth-order valence-electron chi connectivity index (χ4n) is 3.86. The number of nitrogens with zero attached hydrogens (tertiary/aromatic N) is 2. The number of halogens is 1. The normalized spacial score (nSPS) is 30.5. The summed E-state index contributed by atoms with van der Waals surface area (Å²) in [7, 11) is 3.66. The van der Waals surface area contributed by atoms with Gasteiger partial charge < -0.3 is 20.3 Å². The molecular formula is C18H37IN4O. The maximum atomic E-state index is 5.53. The van der Waals surface area contributed by atoms with E-state index in [1.54, 1.807) is 7.11 Å². The van der Waals surface area contributed by atoms with Crippen LogP contribution in [0.3, 0.4) is 0 Å². The SMILES string of the molecule is CN=C(NCC1CCCN(C(C)C)C1)NC1CC(OC)C1(C)C.I. The Morgan fingerprint density at radius 2 is 2.08 bits per heavy atom. The van der Waals surface area contributed by atoms with Crippen molar-refractivity contribution in [3.63, 3.8) is 0 Å². The summed E-state index contributed by atoms with van der Waals surface area (Å²) >= 11 is 0. The molecule has 2 rings (SSSR count). The molecule has 24 heavy (non-hydrogen) atoms. The third-order valence-corrected chi connectivity index (χ3v) is 5.84. The second-order valence-electron chi connectivity index (χ2n) is 8.03. The first-order valence-corrected chi connectivity index (χ1v) is 9.12. The summed E-state index contributed by atoms with van der Waals surface area (Å²) in [5.41, 5.74) is 0.158. The lowest BCUT2D eigenvalue weighted by molar-refractivity contribution is -0.0922. The molecule has 1 saturated carbocycles. The van der Waals surface area contributed by atoms with Gasteiger partial charge in [-0.2, -0.15) is 0 Å². The van der Waals surface area contributed by atoms with Gasteiger partial charge in [-0.1, -0.05) is 13.8 Å². The second kappa shape index (κ2) is 9.57. The molecule has 5 nitrogen and oxygen atoms in total. The highest BCUT2D eigenvalue weighted by Gasteiger charge is 2.48. The molecule has 0 aromatic carbocycles. The van der Waals surface area contributed by atoms with Crippen LogP contribution >= 0.6 is 24.0 Å². The van der Waals surface area contributed by atoms with Gasteiger partial charge in [-0.3, -0.25) is 4.99 Å². The van der Waals surface area contributed by atoms with Crippen molar-refractivity contribution >= 4 is 29.9 Å². The third-order valence-electron chi connectivity index (χ3n) is 5.84. The van der Waals surface area contributed by atoms with Crippen LogP contribution in [-0.2, 0) is 4.74 Å². The molecule has 2 fully saturated rings. The number of guanidine groups is 1. The van der Waals surface area contributed by atoms with Gasteiger partial charge in [-0.25, -0.2) is 0 Å². The van der Waals surface area contributed by atoms with Crippen LogP contribution < -0.4 is 10.6 Å². The summed E-state index contributed by atoms with van der Waals surface area (Å²) in [6, 6.07) is 1.08. The monoisotopic (exact) mass is 452 g/mol. The Kier molecular flexibility index (Phi) is 8.76. The van der Waals surface area contributed by atoms with E-state index in [4.69, 9.17) is 4.74 Å². The minimum atomic E-state index is 0. The number of nitrogens with one attached hydrogen (secondary N) is 2. The molecule has 0 aromatic rings. The molecule has 0 aromatic heterocycles. The molecule has 3 unspecified atom stereocenters. The molecule has 2 aliphatic rings.